The van der Waals surface area contributed by atoms with Crippen LogP contribution in [0, 0.1) is 0 Å². The molecule has 0 aliphatic rings. The van der Waals surface area contributed by atoms with Gasteiger partial charge in [-0.1, -0.05) is 12.1 Å². The number of hydrogen-bond acceptors (Lipinski definition) is 2. The van der Waals surface area contributed by atoms with Crippen LogP contribution in [0.2, 0.25) is 0 Å². The Morgan fingerprint density at radius 1 is 1.33 bits per heavy atom. The van der Waals surface area contributed by atoms with E-state index >= 15 is 0 Å². The van der Waals surface area contributed by atoms with Gasteiger partial charge in [-0.05, 0) is 12.1 Å². The molecule has 2 nitrogen and oxygen atoms in total. The third kappa shape index (κ3) is 2.89. The molecule has 0 radical (unpaired) electrons. The average Bonchev–Trinajstić information content (AvgIpc) is 2.17. The molecule has 0 saturated carbocycles. The van der Waals surface area contributed by atoms with Gasteiger partial charge in [0.25, 0.3) is 0 Å². The van der Waals surface area contributed by atoms with Gasteiger partial charge in [-0.25, -0.2) is 9.18 Å². The Morgan fingerprint density at radius 3 is 2.53 bits per heavy atom. The van der Waals surface area contributed by atoms with Crippen LogP contribution in [-0.4, -0.2) is 6.08 Å². The highest BCUT2D eigenvalue weighted by Crippen LogP contribution is 2.31. The molecule has 1 unspecified atom stereocenters. The molecule has 0 aliphatic heterocycles. The molecule has 0 fully saturated rings. The maximum absolute atomic E-state index is 12.9. The Balaban J connectivity index is 3.08. The summed E-state index contributed by atoms with van der Waals surface area (Å²) in [4.78, 5) is 12.4. The van der Waals surface area contributed by atoms with E-state index in [9.17, 15) is 22.4 Å². The second-order valence-electron chi connectivity index (χ2n) is 2.68. The summed E-state index contributed by atoms with van der Waals surface area (Å²) in [5.74, 6) is 0. The fourth-order valence-corrected chi connectivity index (χ4v) is 0.984. The summed E-state index contributed by atoms with van der Waals surface area (Å²) in [6.07, 6.45) is -5.70. The first kappa shape index (κ1) is 11.4. The van der Waals surface area contributed by atoms with Crippen LogP contribution in [-0.2, 0) is 11.0 Å². The van der Waals surface area contributed by atoms with Gasteiger partial charge in [0.15, 0.2) is 0 Å². The fraction of sp³-hybridized carbons (Fsp3) is 0.222. The molecule has 0 aromatic heterocycles. The van der Waals surface area contributed by atoms with Crippen molar-refractivity contribution in [3.8, 4) is 0 Å². The predicted octanol–water partition coefficient (Wildman–Crippen LogP) is 3.01. The van der Waals surface area contributed by atoms with Crippen molar-refractivity contribution < 1.29 is 22.4 Å². The number of nitrogens with zero attached hydrogens (tertiary/aromatic N) is 1. The van der Waals surface area contributed by atoms with Gasteiger partial charge in [-0.3, -0.25) is 0 Å². The SMILES string of the molecule is O=C=NC(F)c1cccc(C(F)(F)F)c1. The highest BCUT2D eigenvalue weighted by atomic mass is 19.4. The maximum Gasteiger partial charge on any atom is 0.416 e. The van der Waals surface area contributed by atoms with Crippen molar-refractivity contribution in [3.63, 3.8) is 0 Å². The van der Waals surface area contributed by atoms with Crippen LogP contribution in [0.15, 0.2) is 29.3 Å². The Kier molecular flexibility index (Phi) is 3.21. The summed E-state index contributed by atoms with van der Waals surface area (Å²) in [6, 6.07) is 3.57. The van der Waals surface area contributed by atoms with Crippen LogP contribution in [0.5, 0.6) is 0 Å². The van der Waals surface area contributed by atoms with Crippen molar-refractivity contribution in [3.05, 3.63) is 35.4 Å². The zero-order valence-corrected chi connectivity index (χ0v) is 7.25. The molecule has 15 heavy (non-hydrogen) atoms. The molecule has 0 aliphatic carbocycles. The Morgan fingerprint density at radius 2 is 2.00 bits per heavy atom. The van der Waals surface area contributed by atoms with Crippen molar-refractivity contribution in [1.82, 2.24) is 0 Å². The lowest BCUT2D eigenvalue weighted by molar-refractivity contribution is -0.137. The van der Waals surface area contributed by atoms with E-state index in [2.05, 4.69) is 4.99 Å². The topological polar surface area (TPSA) is 29.4 Å². The zero-order valence-electron chi connectivity index (χ0n) is 7.25. The Hall–Kier alpha value is -1.68. The van der Waals surface area contributed by atoms with Crippen molar-refractivity contribution in [2.75, 3.05) is 0 Å². The first-order valence-electron chi connectivity index (χ1n) is 3.83. The van der Waals surface area contributed by atoms with Crippen molar-refractivity contribution in [2.45, 2.75) is 12.5 Å². The number of benzene rings is 1. The molecule has 0 amide bonds. The number of hydrogen-bond donors (Lipinski definition) is 0. The summed E-state index contributed by atoms with van der Waals surface area (Å²) in [5.41, 5.74) is -1.31. The molecule has 0 N–H and O–H groups in total. The summed E-state index contributed by atoms with van der Waals surface area (Å²) >= 11 is 0. The fourth-order valence-electron chi connectivity index (χ4n) is 0.984. The summed E-state index contributed by atoms with van der Waals surface area (Å²) in [5, 5.41) is 0. The molecule has 6 heteroatoms. The zero-order chi connectivity index (χ0) is 11.5. The number of halogens is 4. The van der Waals surface area contributed by atoms with Crippen LogP contribution in [0.3, 0.4) is 0 Å². The lowest BCUT2D eigenvalue weighted by atomic mass is 10.1. The highest BCUT2D eigenvalue weighted by Gasteiger charge is 2.30. The first-order chi connectivity index (χ1) is 6.95. The highest BCUT2D eigenvalue weighted by molar-refractivity contribution is 5.35. The minimum Gasteiger partial charge on any atom is -0.215 e. The van der Waals surface area contributed by atoms with E-state index in [-0.39, 0.29) is 5.56 Å². The largest absolute Gasteiger partial charge is 0.416 e. The van der Waals surface area contributed by atoms with Gasteiger partial charge in [-0.15, -0.1) is 0 Å². The van der Waals surface area contributed by atoms with E-state index in [1.165, 1.54) is 0 Å². The van der Waals surface area contributed by atoms with Gasteiger partial charge in [0.05, 0.1) is 5.56 Å². The number of alkyl halides is 4. The van der Waals surface area contributed by atoms with E-state index in [1.54, 1.807) is 0 Å². The smallest absolute Gasteiger partial charge is 0.215 e. The van der Waals surface area contributed by atoms with Crippen molar-refractivity contribution in [2.24, 2.45) is 4.99 Å². The van der Waals surface area contributed by atoms with Crippen LogP contribution < -0.4 is 0 Å². The lowest BCUT2D eigenvalue weighted by Gasteiger charge is -2.08. The van der Waals surface area contributed by atoms with E-state index in [0.29, 0.717) is 6.07 Å². The molecule has 1 aromatic rings. The third-order valence-corrected chi connectivity index (χ3v) is 1.66. The van der Waals surface area contributed by atoms with Crippen molar-refractivity contribution >= 4 is 6.08 Å². The first-order valence-corrected chi connectivity index (χ1v) is 3.83. The summed E-state index contributed by atoms with van der Waals surface area (Å²) in [7, 11) is 0. The van der Waals surface area contributed by atoms with E-state index in [0.717, 1.165) is 24.3 Å². The van der Waals surface area contributed by atoms with Crippen LogP contribution >= 0.6 is 0 Å². The summed E-state index contributed by atoms with van der Waals surface area (Å²) < 4.78 is 49.5. The van der Waals surface area contributed by atoms with Gasteiger partial charge in [0, 0.05) is 5.56 Å². The minimum atomic E-state index is -4.54. The molecular formula is C9H5F4NO. The van der Waals surface area contributed by atoms with Crippen LogP contribution in [0.4, 0.5) is 17.6 Å². The second-order valence-corrected chi connectivity index (χ2v) is 2.68. The number of carbonyl (C=O) groups excluding carboxylic acids is 1. The van der Waals surface area contributed by atoms with E-state index in [1.807, 2.05) is 0 Å². The predicted molar refractivity (Wildman–Crippen MR) is 43.4 cm³/mol. The van der Waals surface area contributed by atoms with Crippen LogP contribution in [0.25, 0.3) is 0 Å². The third-order valence-electron chi connectivity index (χ3n) is 1.66. The number of aliphatic imine (C=N–C) groups is 1. The Bertz CT molecular complexity index is 395. The molecule has 1 atom stereocenters. The van der Waals surface area contributed by atoms with Gasteiger partial charge in [-0.2, -0.15) is 18.2 Å². The normalized spacial score (nSPS) is 13.1. The van der Waals surface area contributed by atoms with Gasteiger partial charge in [0.1, 0.15) is 0 Å². The van der Waals surface area contributed by atoms with E-state index in [4.69, 9.17) is 0 Å². The molecule has 0 bridgehead atoms. The molecule has 0 heterocycles. The second kappa shape index (κ2) is 4.23. The van der Waals surface area contributed by atoms with Gasteiger partial charge in [0.2, 0.25) is 12.4 Å². The molecule has 1 rings (SSSR count). The minimum absolute atomic E-state index is 0.326. The van der Waals surface area contributed by atoms with E-state index < -0.39 is 18.0 Å². The quantitative estimate of drug-likeness (QED) is 0.325. The molecule has 80 valence electrons. The molecule has 0 spiro atoms. The standard InChI is InChI=1S/C9H5F4NO/c10-8(14-5-15)6-2-1-3-7(4-6)9(11,12)13/h1-4,8H. The van der Waals surface area contributed by atoms with Crippen molar-refractivity contribution in [1.29, 1.82) is 0 Å². The monoisotopic (exact) mass is 219 g/mol. The number of rotatable bonds is 2. The van der Waals surface area contributed by atoms with Gasteiger partial charge < -0.3 is 0 Å². The average molecular weight is 219 g/mol. The molecule has 0 saturated heterocycles. The van der Waals surface area contributed by atoms with Gasteiger partial charge >= 0.3 is 6.18 Å². The maximum atomic E-state index is 12.9. The molecular weight excluding hydrogens is 214 g/mol. The molecule has 1 aromatic carbocycles. The summed E-state index contributed by atoms with van der Waals surface area (Å²) in [6.45, 7) is 0. The lowest BCUT2D eigenvalue weighted by Crippen LogP contribution is -2.05. The Labute approximate surface area is 82.2 Å². The number of isocyanates is 1. The van der Waals surface area contributed by atoms with Crippen LogP contribution in [0.1, 0.15) is 17.4 Å².